The Morgan fingerprint density at radius 2 is 2.07 bits per heavy atom. The molecule has 0 aromatic heterocycles. The molecule has 1 aliphatic heterocycles. The monoisotopic (exact) mass is 223 g/mol. The number of benzene rings is 1. The number of hydrogen-bond donors (Lipinski definition) is 0. The molecule has 0 atom stereocenters. The second kappa shape index (κ2) is 4.15. The Kier molecular flexibility index (Phi) is 3.03. The Hall–Kier alpha value is -0.530. The van der Waals surface area contributed by atoms with Crippen LogP contribution in [0.25, 0.3) is 0 Å². The minimum absolute atomic E-state index is 0.556. The van der Waals surface area contributed by atoms with E-state index in [-0.39, 0.29) is 0 Å². The molecule has 15 heavy (non-hydrogen) atoms. The number of rotatable bonds is 1. The van der Waals surface area contributed by atoms with Gasteiger partial charge in [0, 0.05) is 18.1 Å². The fourth-order valence-corrected chi connectivity index (χ4v) is 2.49. The predicted octanol–water partition coefficient (Wildman–Crippen LogP) is 3.45. The van der Waals surface area contributed by atoms with Crippen LogP contribution >= 0.6 is 11.6 Å². The van der Waals surface area contributed by atoms with Crippen molar-refractivity contribution in [3.63, 3.8) is 0 Å². The van der Waals surface area contributed by atoms with Crippen LogP contribution in [0, 0.1) is 0 Å². The molecule has 0 spiro atoms. The smallest absolute Gasteiger partial charge is 0.0444 e. The van der Waals surface area contributed by atoms with Gasteiger partial charge in [0.05, 0.1) is 0 Å². The molecule has 2 rings (SSSR count). The summed E-state index contributed by atoms with van der Waals surface area (Å²) in [6.07, 6.45) is 1.09. The lowest BCUT2D eigenvalue weighted by Gasteiger charge is -2.26. The summed E-state index contributed by atoms with van der Waals surface area (Å²) >= 11 is 6.32. The highest BCUT2D eigenvalue weighted by atomic mass is 35.5. The average molecular weight is 224 g/mol. The summed E-state index contributed by atoms with van der Waals surface area (Å²) in [5.74, 6) is 0.556. The van der Waals surface area contributed by atoms with Crippen LogP contribution < -0.4 is 0 Å². The first kappa shape index (κ1) is 11.0. The highest BCUT2D eigenvalue weighted by molar-refractivity contribution is 6.31. The highest BCUT2D eigenvalue weighted by Crippen LogP contribution is 2.30. The van der Waals surface area contributed by atoms with Crippen molar-refractivity contribution >= 4 is 11.6 Å². The molecule has 1 aliphatic rings. The fraction of sp³-hybridized carbons (Fsp3) is 0.538. The minimum Gasteiger partial charge on any atom is -0.302 e. The summed E-state index contributed by atoms with van der Waals surface area (Å²) in [5.41, 5.74) is 4.13. The lowest BCUT2D eigenvalue weighted by atomic mass is 9.93. The minimum atomic E-state index is 0.556. The van der Waals surface area contributed by atoms with Gasteiger partial charge in [-0.15, -0.1) is 0 Å². The lowest BCUT2D eigenvalue weighted by Crippen LogP contribution is -2.26. The van der Waals surface area contributed by atoms with Crippen molar-refractivity contribution in [1.29, 1.82) is 0 Å². The van der Waals surface area contributed by atoms with Gasteiger partial charge in [0.25, 0.3) is 0 Å². The van der Waals surface area contributed by atoms with E-state index in [1.807, 2.05) is 0 Å². The first-order valence-corrected chi connectivity index (χ1v) is 5.95. The van der Waals surface area contributed by atoms with Crippen molar-refractivity contribution in [2.45, 2.75) is 32.7 Å². The molecule has 0 unspecified atom stereocenters. The molecule has 0 bridgehead atoms. The van der Waals surface area contributed by atoms with Gasteiger partial charge in [-0.25, -0.2) is 0 Å². The zero-order valence-corrected chi connectivity index (χ0v) is 10.4. The van der Waals surface area contributed by atoms with E-state index in [1.165, 1.54) is 16.7 Å². The molecule has 0 saturated carbocycles. The van der Waals surface area contributed by atoms with Crippen molar-refractivity contribution in [2.75, 3.05) is 13.6 Å². The summed E-state index contributed by atoms with van der Waals surface area (Å²) in [6, 6.07) is 4.46. The quantitative estimate of drug-likeness (QED) is 0.705. The Bertz CT molecular complexity index is 371. The molecule has 0 aliphatic carbocycles. The maximum Gasteiger partial charge on any atom is 0.0444 e. The first-order valence-electron chi connectivity index (χ1n) is 5.57. The molecule has 2 heteroatoms. The largest absolute Gasteiger partial charge is 0.302 e. The third-order valence-corrected chi connectivity index (χ3v) is 3.50. The number of hydrogen-bond acceptors (Lipinski definition) is 1. The van der Waals surface area contributed by atoms with Crippen LogP contribution in [0.15, 0.2) is 12.1 Å². The predicted molar refractivity (Wildman–Crippen MR) is 65.6 cm³/mol. The van der Waals surface area contributed by atoms with E-state index >= 15 is 0 Å². The maximum atomic E-state index is 6.32. The summed E-state index contributed by atoms with van der Waals surface area (Å²) in [5, 5.41) is 0.962. The van der Waals surface area contributed by atoms with E-state index < -0.39 is 0 Å². The lowest BCUT2D eigenvalue weighted by molar-refractivity contribution is 0.313. The molecule has 0 amide bonds. The molecular weight excluding hydrogens is 206 g/mol. The normalized spacial score (nSPS) is 16.9. The molecule has 1 heterocycles. The second-order valence-electron chi connectivity index (χ2n) is 4.78. The van der Waals surface area contributed by atoms with Crippen LogP contribution in [0.3, 0.4) is 0 Å². The zero-order valence-electron chi connectivity index (χ0n) is 9.68. The molecule has 82 valence electrons. The van der Waals surface area contributed by atoms with Crippen LogP contribution in [0.5, 0.6) is 0 Å². The average Bonchev–Trinajstić information content (AvgIpc) is 2.16. The Balaban J connectivity index is 2.44. The van der Waals surface area contributed by atoms with E-state index in [0.29, 0.717) is 5.92 Å². The number of likely N-dealkylation sites (N-methyl/N-ethyl adjacent to an activating group) is 1. The van der Waals surface area contributed by atoms with Crippen LogP contribution in [-0.4, -0.2) is 18.5 Å². The van der Waals surface area contributed by atoms with Crippen LogP contribution in [0.4, 0.5) is 0 Å². The van der Waals surface area contributed by atoms with E-state index in [0.717, 1.165) is 24.5 Å². The van der Waals surface area contributed by atoms with Crippen molar-refractivity contribution in [2.24, 2.45) is 0 Å². The van der Waals surface area contributed by atoms with Gasteiger partial charge in [0.2, 0.25) is 0 Å². The third-order valence-electron chi connectivity index (χ3n) is 3.16. The third kappa shape index (κ3) is 2.19. The van der Waals surface area contributed by atoms with Crippen LogP contribution in [-0.2, 0) is 13.0 Å². The molecule has 1 aromatic rings. The Labute approximate surface area is 97.0 Å². The second-order valence-corrected chi connectivity index (χ2v) is 5.19. The molecule has 0 radical (unpaired) electrons. The fourth-order valence-electron chi connectivity index (χ4n) is 2.14. The Morgan fingerprint density at radius 1 is 1.33 bits per heavy atom. The van der Waals surface area contributed by atoms with E-state index in [4.69, 9.17) is 11.6 Å². The summed E-state index contributed by atoms with van der Waals surface area (Å²) in [4.78, 5) is 2.35. The van der Waals surface area contributed by atoms with Gasteiger partial charge in [-0.1, -0.05) is 31.5 Å². The molecule has 0 fully saturated rings. The van der Waals surface area contributed by atoms with Crippen molar-refractivity contribution in [3.05, 3.63) is 33.8 Å². The number of nitrogens with zero attached hydrogens (tertiary/aromatic N) is 1. The van der Waals surface area contributed by atoms with Gasteiger partial charge in [-0.2, -0.15) is 0 Å². The summed E-state index contributed by atoms with van der Waals surface area (Å²) in [7, 11) is 2.17. The van der Waals surface area contributed by atoms with Gasteiger partial charge in [-0.05, 0) is 42.1 Å². The summed E-state index contributed by atoms with van der Waals surface area (Å²) < 4.78 is 0. The highest BCUT2D eigenvalue weighted by Gasteiger charge is 2.17. The molecular formula is C13H18ClN. The van der Waals surface area contributed by atoms with Crippen LogP contribution in [0.1, 0.15) is 36.5 Å². The Morgan fingerprint density at radius 3 is 2.73 bits per heavy atom. The number of fused-ring (bicyclic) bond motifs is 1. The van der Waals surface area contributed by atoms with Gasteiger partial charge in [0.15, 0.2) is 0 Å². The maximum absolute atomic E-state index is 6.32. The molecule has 1 nitrogen and oxygen atoms in total. The van der Waals surface area contributed by atoms with Crippen molar-refractivity contribution < 1.29 is 0 Å². The van der Waals surface area contributed by atoms with E-state index in [1.54, 1.807) is 0 Å². The molecule has 0 N–H and O–H groups in total. The van der Waals surface area contributed by atoms with E-state index in [2.05, 4.69) is 37.9 Å². The van der Waals surface area contributed by atoms with Gasteiger partial charge >= 0.3 is 0 Å². The van der Waals surface area contributed by atoms with Crippen molar-refractivity contribution in [3.8, 4) is 0 Å². The first-order chi connectivity index (χ1) is 7.08. The molecule has 1 aromatic carbocycles. The van der Waals surface area contributed by atoms with Gasteiger partial charge in [0.1, 0.15) is 0 Å². The number of halogens is 1. The van der Waals surface area contributed by atoms with Crippen molar-refractivity contribution in [1.82, 2.24) is 4.90 Å². The zero-order chi connectivity index (χ0) is 11.0. The van der Waals surface area contributed by atoms with Gasteiger partial charge < -0.3 is 4.90 Å². The van der Waals surface area contributed by atoms with Crippen LogP contribution in [0.2, 0.25) is 5.02 Å². The SMILES string of the molecule is CC(C)c1cc(Cl)c2c(c1)CN(C)CC2. The topological polar surface area (TPSA) is 3.24 Å². The van der Waals surface area contributed by atoms with E-state index in [9.17, 15) is 0 Å². The summed E-state index contributed by atoms with van der Waals surface area (Å²) in [6.45, 7) is 6.58. The van der Waals surface area contributed by atoms with Gasteiger partial charge in [-0.3, -0.25) is 0 Å². The molecule has 0 saturated heterocycles. The standard InChI is InChI=1S/C13H18ClN/c1-9(2)10-6-11-8-15(3)5-4-12(11)13(14)7-10/h6-7,9H,4-5,8H2,1-3H3.